The van der Waals surface area contributed by atoms with E-state index in [-0.39, 0.29) is 36.2 Å². The largest absolute Gasteiger partial charge is 0.455 e. The first kappa shape index (κ1) is 38.4. The number of likely N-dealkylation sites (tertiary alicyclic amines) is 1. The van der Waals surface area contributed by atoms with Crippen LogP contribution in [0.2, 0.25) is 0 Å². The minimum Gasteiger partial charge on any atom is -0.455 e. The predicted octanol–water partition coefficient (Wildman–Crippen LogP) is 4.91. The average molecular weight is 765 g/mol. The third-order valence-electron chi connectivity index (χ3n) is 10.4. The first-order chi connectivity index (χ1) is 24.6. The molecule has 51 heavy (non-hydrogen) atoms. The van der Waals surface area contributed by atoms with Gasteiger partial charge >= 0.3 is 5.97 Å². The summed E-state index contributed by atoms with van der Waals surface area (Å²) in [6.07, 6.45) is 4.74. The molecule has 2 N–H and O–H groups in total. The zero-order chi connectivity index (χ0) is 36.7. The standard InChI is InChI=1S/C40H50BrN3O7/c1-5-8-20-31(46)42-26(4)34(28-18-14-11-15-19-28)50-39(49)32-33-37(47)44(29(25-45)23-27-16-12-10-13-17-27)36(40(33)24-30(41)35(32)51-40)38(48)43(21-7-3)22-9-6-2/h5,7,10-19,26,29-30,32-36,45H,1,3,6,8-9,20-25H2,2,4H3,(H,42,46)/t26-,29+,30?,32-,33+,34-,35-,36-,40+/m0/s1. The van der Waals surface area contributed by atoms with Crippen molar-refractivity contribution in [1.82, 2.24) is 15.1 Å². The van der Waals surface area contributed by atoms with Crippen molar-refractivity contribution >= 4 is 39.6 Å². The average Bonchev–Trinajstić information content (AvgIpc) is 3.73. The van der Waals surface area contributed by atoms with E-state index in [0.29, 0.717) is 31.4 Å². The number of halogens is 1. The van der Waals surface area contributed by atoms with Crippen molar-refractivity contribution < 1.29 is 33.8 Å². The normalized spacial score (nSPS) is 26.5. The molecule has 1 unspecified atom stereocenters. The van der Waals surface area contributed by atoms with Gasteiger partial charge in [0.2, 0.25) is 17.7 Å². The van der Waals surface area contributed by atoms with Crippen molar-refractivity contribution in [3.63, 3.8) is 0 Å². The molecule has 0 radical (unpaired) electrons. The number of amides is 3. The summed E-state index contributed by atoms with van der Waals surface area (Å²) >= 11 is 3.75. The van der Waals surface area contributed by atoms with E-state index in [1.165, 1.54) is 4.90 Å². The Morgan fingerprint density at radius 2 is 1.82 bits per heavy atom. The van der Waals surface area contributed by atoms with Crippen molar-refractivity contribution in [2.75, 3.05) is 19.7 Å². The number of hydrogen-bond donors (Lipinski definition) is 2. The fraction of sp³-hybridized carbons (Fsp3) is 0.500. The lowest BCUT2D eigenvalue weighted by Gasteiger charge is -2.39. The number of carbonyl (C=O) groups excluding carboxylic acids is 4. The molecule has 10 nitrogen and oxygen atoms in total. The van der Waals surface area contributed by atoms with E-state index in [1.807, 2.05) is 67.6 Å². The van der Waals surface area contributed by atoms with Crippen molar-refractivity contribution in [2.24, 2.45) is 11.8 Å². The Balaban J connectivity index is 1.53. The van der Waals surface area contributed by atoms with Gasteiger partial charge in [-0.1, -0.05) is 102 Å². The lowest BCUT2D eigenvalue weighted by molar-refractivity contribution is -0.162. The number of nitrogens with zero attached hydrogens (tertiary/aromatic N) is 2. The predicted molar refractivity (Wildman–Crippen MR) is 198 cm³/mol. The van der Waals surface area contributed by atoms with Crippen LogP contribution in [0.25, 0.3) is 0 Å². The van der Waals surface area contributed by atoms with Gasteiger partial charge < -0.3 is 29.7 Å². The van der Waals surface area contributed by atoms with E-state index in [2.05, 4.69) is 34.4 Å². The van der Waals surface area contributed by atoms with Crippen molar-refractivity contribution in [2.45, 2.75) is 93.1 Å². The molecule has 3 saturated heterocycles. The minimum atomic E-state index is -1.33. The molecule has 274 valence electrons. The molecule has 1 spiro atoms. The highest BCUT2D eigenvalue weighted by Gasteiger charge is 2.77. The van der Waals surface area contributed by atoms with E-state index in [0.717, 1.165) is 18.4 Å². The summed E-state index contributed by atoms with van der Waals surface area (Å²) < 4.78 is 13.0. The van der Waals surface area contributed by atoms with Gasteiger partial charge in [0, 0.05) is 24.3 Å². The molecule has 0 saturated carbocycles. The Bertz CT molecular complexity index is 1560. The second-order valence-corrected chi connectivity index (χ2v) is 15.0. The lowest BCUT2D eigenvalue weighted by Crippen LogP contribution is -2.59. The number of rotatable bonds is 18. The molecule has 0 aromatic heterocycles. The topological polar surface area (TPSA) is 125 Å². The van der Waals surface area contributed by atoms with E-state index in [4.69, 9.17) is 9.47 Å². The van der Waals surface area contributed by atoms with Crippen LogP contribution in [-0.4, -0.2) is 93.0 Å². The monoisotopic (exact) mass is 763 g/mol. The van der Waals surface area contributed by atoms with Crippen molar-refractivity contribution in [3.8, 4) is 0 Å². The van der Waals surface area contributed by atoms with E-state index >= 15 is 0 Å². The highest BCUT2D eigenvalue weighted by Crippen LogP contribution is 2.61. The van der Waals surface area contributed by atoms with E-state index in [9.17, 15) is 24.3 Å². The fourth-order valence-electron chi connectivity index (χ4n) is 8.06. The summed E-state index contributed by atoms with van der Waals surface area (Å²) in [6, 6.07) is 16.3. The molecule has 2 bridgehead atoms. The van der Waals surface area contributed by atoms with Crippen LogP contribution in [0.4, 0.5) is 0 Å². The molecule has 5 rings (SSSR count). The Morgan fingerprint density at radius 1 is 1.14 bits per heavy atom. The number of esters is 1. The van der Waals surface area contributed by atoms with Crippen LogP contribution in [-0.2, 0) is 35.1 Å². The SMILES string of the molecule is C=CCCC(=O)N[C@@H](C)[C@H](OC(=O)[C@@H]1[C@H]2O[C@@]3(CC2Br)[C@H](C(=O)N(CC=C)CCCC)N([C@@H](CO)Cc2ccccc2)C(=O)[C@@H]13)c1ccccc1. The number of unbranched alkanes of at least 4 members (excludes halogenated alkanes) is 1. The van der Waals surface area contributed by atoms with Crippen LogP contribution in [0.5, 0.6) is 0 Å². The minimum absolute atomic E-state index is 0.203. The molecular formula is C40H50BrN3O7. The van der Waals surface area contributed by atoms with Gasteiger partial charge in [-0.15, -0.1) is 13.2 Å². The van der Waals surface area contributed by atoms with E-state index in [1.54, 1.807) is 24.0 Å². The van der Waals surface area contributed by atoms with Gasteiger partial charge in [-0.2, -0.15) is 0 Å². The van der Waals surface area contributed by atoms with Gasteiger partial charge in [0.25, 0.3) is 0 Å². The third-order valence-corrected chi connectivity index (χ3v) is 11.2. The fourth-order valence-corrected chi connectivity index (χ4v) is 9.00. The molecule has 9 atom stereocenters. The summed E-state index contributed by atoms with van der Waals surface area (Å²) in [5.74, 6) is -3.61. The lowest BCUT2D eigenvalue weighted by atomic mass is 9.70. The highest BCUT2D eigenvalue weighted by atomic mass is 79.9. The maximum atomic E-state index is 14.9. The van der Waals surface area contributed by atoms with Gasteiger partial charge in [0.05, 0.1) is 36.6 Å². The van der Waals surface area contributed by atoms with Crippen LogP contribution in [0.15, 0.2) is 86.0 Å². The Hall–Kier alpha value is -3.80. The Kier molecular flexibility index (Phi) is 12.9. The van der Waals surface area contributed by atoms with Crippen LogP contribution in [0, 0.1) is 11.8 Å². The number of aliphatic hydroxyl groups excluding tert-OH is 1. The van der Waals surface area contributed by atoms with Gasteiger partial charge in [-0.05, 0) is 43.7 Å². The summed E-state index contributed by atoms with van der Waals surface area (Å²) in [4.78, 5) is 59.7. The molecule has 3 aliphatic rings. The summed E-state index contributed by atoms with van der Waals surface area (Å²) in [6.45, 7) is 11.7. The zero-order valence-corrected chi connectivity index (χ0v) is 31.1. The third kappa shape index (κ3) is 7.85. The number of hydrogen-bond acceptors (Lipinski definition) is 7. The molecule has 3 heterocycles. The van der Waals surface area contributed by atoms with Crippen molar-refractivity contribution in [1.29, 1.82) is 0 Å². The number of carbonyl (C=O) groups is 4. The van der Waals surface area contributed by atoms with Crippen LogP contribution >= 0.6 is 15.9 Å². The second-order valence-electron chi connectivity index (χ2n) is 13.8. The van der Waals surface area contributed by atoms with E-state index < -0.39 is 59.6 Å². The molecule has 2 aromatic rings. The molecule has 0 aliphatic carbocycles. The van der Waals surface area contributed by atoms with Gasteiger partial charge in [-0.25, -0.2) is 0 Å². The first-order valence-corrected chi connectivity index (χ1v) is 18.9. The molecule has 2 aromatic carbocycles. The molecular weight excluding hydrogens is 714 g/mol. The summed E-state index contributed by atoms with van der Waals surface area (Å²) in [5, 5.41) is 13.8. The second kappa shape index (κ2) is 17.1. The summed E-state index contributed by atoms with van der Waals surface area (Å²) in [7, 11) is 0. The highest BCUT2D eigenvalue weighted by molar-refractivity contribution is 9.09. The quantitative estimate of drug-likeness (QED) is 0.126. The van der Waals surface area contributed by atoms with Crippen LogP contribution in [0.3, 0.4) is 0 Å². The first-order valence-electron chi connectivity index (χ1n) is 18.0. The number of allylic oxidation sites excluding steroid dienone is 1. The van der Waals surface area contributed by atoms with Crippen LogP contribution in [0.1, 0.15) is 63.2 Å². The number of aliphatic hydroxyl groups is 1. The maximum absolute atomic E-state index is 14.9. The number of fused-ring (bicyclic) bond motifs is 1. The molecule has 3 aliphatic heterocycles. The zero-order valence-electron chi connectivity index (χ0n) is 29.5. The molecule has 3 amide bonds. The molecule has 3 fully saturated rings. The van der Waals surface area contributed by atoms with Crippen molar-refractivity contribution in [3.05, 3.63) is 97.1 Å². The smallest absolute Gasteiger partial charge is 0.313 e. The Labute approximate surface area is 309 Å². The van der Waals surface area contributed by atoms with Gasteiger partial charge in [-0.3, -0.25) is 19.2 Å². The van der Waals surface area contributed by atoms with Gasteiger partial charge in [0.15, 0.2) is 0 Å². The van der Waals surface area contributed by atoms with Gasteiger partial charge in [0.1, 0.15) is 17.7 Å². The number of alkyl halides is 1. The Morgan fingerprint density at radius 3 is 2.45 bits per heavy atom. The maximum Gasteiger partial charge on any atom is 0.313 e. The number of benzene rings is 2. The van der Waals surface area contributed by atoms with Crippen LogP contribution < -0.4 is 5.32 Å². The number of ether oxygens (including phenoxy) is 2. The molecule has 11 heteroatoms. The summed E-state index contributed by atoms with van der Waals surface area (Å²) in [5.41, 5.74) is 0.246. The number of nitrogens with one attached hydrogen (secondary N) is 1.